The van der Waals surface area contributed by atoms with Gasteiger partial charge in [-0.1, -0.05) is 0 Å². The summed E-state index contributed by atoms with van der Waals surface area (Å²) in [5.41, 5.74) is 0. The van der Waals surface area contributed by atoms with Crippen molar-refractivity contribution in [3.05, 3.63) is 24.9 Å². The Morgan fingerprint density at radius 3 is 1.93 bits per heavy atom. The third-order valence-electron chi connectivity index (χ3n) is 1.57. The predicted octanol–water partition coefficient (Wildman–Crippen LogP) is 4.56. The fourth-order valence-electron chi connectivity index (χ4n) is 1.04. The molecule has 0 aromatic carbocycles. The van der Waals surface area contributed by atoms with Crippen LogP contribution in [0.2, 0.25) is 0 Å². The quantitative estimate of drug-likeness (QED) is 0.602. The van der Waals surface area contributed by atoms with Crippen molar-refractivity contribution in [1.82, 2.24) is 0 Å². The van der Waals surface area contributed by atoms with Gasteiger partial charge in [0.15, 0.2) is 0 Å². The van der Waals surface area contributed by atoms with E-state index in [0.717, 1.165) is 17.5 Å². The van der Waals surface area contributed by atoms with Crippen molar-refractivity contribution in [2.75, 3.05) is 0 Å². The second kappa shape index (κ2) is 4.41. The number of hydrogen-bond acceptors (Lipinski definition) is 2. The molecule has 0 aliphatic rings. The van der Waals surface area contributed by atoms with E-state index in [-0.39, 0.29) is 0 Å². The molecule has 2 rings (SSSR count). The number of halogens is 3. The van der Waals surface area contributed by atoms with Gasteiger partial charge < -0.3 is 0 Å². The maximum absolute atomic E-state index is 5.74. The lowest BCUT2D eigenvalue weighted by Gasteiger charge is -1.94. The van der Waals surface area contributed by atoms with Crippen molar-refractivity contribution >= 4 is 83.1 Å². The number of hydrogen-bond donors (Lipinski definition) is 0. The van der Waals surface area contributed by atoms with Gasteiger partial charge in [-0.3, -0.25) is 0 Å². The first-order valence-corrected chi connectivity index (χ1v) is 7.59. The molecule has 14 heavy (non-hydrogen) atoms. The third-order valence-corrected chi connectivity index (χ3v) is 6.11. The summed E-state index contributed by atoms with van der Waals surface area (Å²) in [7, 11) is 5.74. The Kier molecular flexibility index (Phi) is 3.59. The predicted molar refractivity (Wildman–Crippen MR) is 76.1 cm³/mol. The van der Waals surface area contributed by atoms with Crippen molar-refractivity contribution in [1.29, 1.82) is 0 Å². The van der Waals surface area contributed by atoms with Gasteiger partial charge in [0.1, 0.15) is 7.85 Å². The molecule has 0 bridgehead atoms. The average Bonchev–Trinajstić information content (AvgIpc) is 2.55. The van der Waals surface area contributed by atoms with Gasteiger partial charge in [-0.15, -0.1) is 22.7 Å². The zero-order valence-corrected chi connectivity index (χ0v) is 13.1. The van der Waals surface area contributed by atoms with Crippen LogP contribution in [0.1, 0.15) is 0 Å². The van der Waals surface area contributed by atoms with Crippen molar-refractivity contribution in [3.8, 4) is 9.75 Å². The standard InChI is InChI=1S/C8H2BBr3S2/c9-5-1-3(10)7(13-5)8-4(11)2-6(12)14-8/h1-2H. The summed E-state index contributed by atoms with van der Waals surface area (Å²) >= 11 is 13.8. The lowest BCUT2D eigenvalue weighted by atomic mass is 10.1. The van der Waals surface area contributed by atoms with Gasteiger partial charge >= 0.3 is 0 Å². The molecule has 0 saturated carbocycles. The van der Waals surface area contributed by atoms with Crippen LogP contribution in [0, 0.1) is 0 Å². The second-order valence-electron chi connectivity index (χ2n) is 2.55. The van der Waals surface area contributed by atoms with E-state index in [4.69, 9.17) is 7.85 Å². The monoisotopic (exact) mass is 410 g/mol. The van der Waals surface area contributed by atoms with Crippen LogP contribution in [-0.4, -0.2) is 7.85 Å². The van der Waals surface area contributed by atoms with Gasteiger partial charge in [0.25, 0.3) is 0 Å². The molecule has 0 N–H and O–H groups in total. The molecule has 0 saturated heterocycles. The van der Waals surface area contributed by atoms with Crippen LogP contribution in [0.5, 0.6) is 0 Å². The maximum Gasteiger partial charge on any atom is 0.128 e. The van der Waals surface area contributed by atoms with Gasteiger partial charge in [-0.05, 0) is 64.7 Å². The molecule has 2 radical (unpaired) electrons. The molecule has 2 aromatic rings. The number of thiophene rings is 2. The van der Waals surface area contributed by atoms with Crippen LogP contribution in [-0.2, 0) is 0 Å². The molecule has 6 heteroatoms. The molecular formula is C8H2BBr3S2. The molecule has 0 unspecified atom stereocenters. The second-order valence-corrected chi connectivity index (χ2v) is 7.78. The van der Waals surface area contributed by atoms with Crippen LogP contribution in [0.3, 0.4) is 0 Å². The van der Waals surface area contributed by atoms with E-state index in [1.807, 2.05) is 12.1 Å². The molecule has 2 heterocycles. The highest BCUT2D eigenvalue weighted by Gasteiger charge is 2.13. The minimum absolute atomic E-state index is 0.822. The van der Waals surface area contributed by atoms with E-state index in [9.17, 15) is 0 Å². The van der Waals surface area contributed by atoms with Crippen LogP contribution in [0.25, 0.3) is 9.75 Å². The summed E-state index contributed by atoms with van der Waals surface area (Å²) in [6.45, 7) is 0. The zero-order chi connectivity index (χ0) is 10.3. The van der Waals surface area contributed by atoms with E-state index in [1.165, 1.54) is 9.75 Å². The van der Waals surface area contributed by atoms with E-state index in [0.29, 0.717) is 0 Å². The first-order valence-electron chi connectivity index (χ1n) is 3.58. The summed E-state index contributed by atoms with van der Waals surface area (Å²) in [6.07, 6.45) is 0. The van der Waals surface area contributed by atoms with Crippen molar-refractivity contribution in [2.24, 2.45) is 0 Å². The van der Waals surface area contributed by atoms with Crippen LogP contribution < -0.4 is 4.78 Å². The molecule has 0 aliphatic heterocycles. The fourth-order valence-corrected chi connectivity index (χ4v) is 5.73. The normalized spacial score (nSPS) is 10.8. The Bertz CT molecular complexity index is 431. The summed E-state index contributed by atoms with van der Waals surface area (Å²) in [4.78, 5) is 2.37. The first-order chi connectivity index (χ1) is 6.58. The maximum atomic E-state index is 5.74. The molecule has 0 amide bonds. The van der Waals surface area contributed by atoms with Gasteiger partial charge in [0, 0.05) is 8.95 Å². The van der Waals surface area contributed by atoms with Gasteiger partial charge in [0.2, 0.25) is 0 Å². The Morgan fingerprint density at radius 1 is 0.929 bits per heavy atom. The van der Waals surface area contributed by atoms with Crippen molar-refractivity contribution in [2.45, 2.75) is 0 Å². The molecule has 0 fully saturated rings. The largest absolute Gasteiger partial charge is 0.150 e. The summed E-state index contributed by atoms with van der Waals surface area (Å²) in [6, 6.07) is 3.97. The topological polar surface area (TPSA) is 0 Å². The highest BCUT2D eigenvalue weighted by atomic mass is 79.9. The Morgan fingerprint density at radius 2 is 1.50 bits per heavy atom. The average molecular weight is 413 g/mol. The summed E-state index contributed by atoms with van der Waals surface area (Å²) < 4.78 is 4.08. The molecule has 0 spiro atoms. The third kappa shape index (κ3) is 2.19. The Hall–Kier alpha value is 0.905. The van der Waals surface area contributed by atoms with E-state index < -0.39 is 0 Å². The van der Waals surface area contributed by atoms with Crippen molar-refractivity contribution in [3.63, 3.8) is 0 Å². The Labute approximate surface area is 117 Å². The van der Waals surface area contributed by atoms with Gasteiger partial charge in [0.05, 0.1) is 13.5 Å². The van der Waals surface area contributed by atoms with Crippen LogP contribution in [0.15, 0.2) is 24.9 Å². The lowest BCUT2D eigenvalue weighted by Crippen LogP contribution is -1.88. The summed E-state index contributed by atoms with van der Waals surface area (Å²) in [5.74, 6) is 0. The summed E-state index contributed by atoms with van der Waals surface area (Å²) in [5, 5.41) is 0. The minimum Gasteiger partial charge on any atom is -0.150 e. The SMILES string of the molecule is [B]c1cc(Br)c(-c2sc(Br)cc2Br)s1. The van der Waals surface area contributed by atoms with Gasteiger partial charge in [-0.25, -0.2) is 0 Å². The molecule has 0 atom stereocenters. The van der Waals surface area contributed by atoms with Crippen LogP contribution >= 0.6 is 70.5 Å². The molecular weight excluding hydrogens is 411 g/mol. The highest BCUT2D eigenvalue weighted by molar-refractivity contribution is 9.11. The molecule has 2 aromatic heterocycles. The number of rotatable bonds is 1. The van der Waals surface area contributed by atoms with Crippen LogP contribution in [0.4, 0.5) is 0 Å². The zero-order valence-electron chi connectivity index (χ0n) is 6.68. The van der Waals surface area contributed by atoms with Gasteiger partial charge in [-0.2, -0.15) is 0 Å². The van der Waals surface area contributed by atoms with E-state index >= 15 is 0 Å². The highest BCUT2D eigenvalue weighted by Crippen LogP contribution is 2.43. The molecule has 70 valence electrons. The van der Waals surface area contributed by atoms with Crippen molar-refractivity contribution < 1.29 is 0 Å². The first kappa shape index (κ1) is 11.4. The van der Waals surface area contributed by atoms with E-state index in [1.54, 1.807) is 22.7 Å². The molecule has 0 nitrogen and oxygen atoms in total. The minimum atomic E-state index is 0.822. The smallest absolute Gasteiger partial charge is 0.128 e. The Balaban J connectivity index is 2.59. The fraction of sp³-hybridized carbons (Fsp3) is 0. The molecule has 0 aliphatic carbocycles. The lowest BCUT2D eigenvalue weighted by molar-refractivity contribution is 1.80. The van der Waals surface area contributed by atoms with E-state index in [2.05, 4.69) is 47.8 Å².